The van der Waals surface area contributed by atoms with Crippen LogP contribution < -0.4 is 15.4 Å². The summed E-state index contributed by atoms with van der Waals surface area (Å²) in [5, 5.41) is 8.14. The van der Waals surface area contributed by atoms with E-state index in [1.807, 2.05) is 49.4 Å². The summed E-state index contributed by atoms with van der Waals surface area (Å²) in [6.07, 6.45) is 0. The van der Waals surface area contributed by atoms with Crippen molar-refractivity contribution in [2.24, 2.45) is 0 Å². The fourth-order valence-corrected chi connectivity index (χ4v) is 3.41. The molecular weight excluding hydrogens is 395 g/mol. The lowest BCUT2D eigenvalue weighted by molar-refractivity contribution is 0.340. The fourth-order valence-electron chi connectivity index (χ4n) is 2.06. The second-order valence-electron chi connectivity index (χ2n) is 5.14. The highest BCUT2D eigenvalue weighted by Gasteiger charge is 2.01. The van der Waals surface area contributed by atoms with E-state index in [-0.39, 0.29) is 0 Å². The Hall–Kier alpha value is -1.14. The fraction of sp³-hybridized carbons (Fsp3) is 0.278. The average Bonchev–Trinajstić information content (AvgIpc) is 2.58. The molecule has 2 N–H and O–H groups in total. The van der Waals surface area contributed by atoms with Crippen molar-refractivity contribution in [3.8, 4) is 5.75 Å². The molecule has 0 unspecified atom stereocenters. The van der Waals surface area contributed by atoms with E-state index in [4.69, 9.17) is 40.2 Å². The van der Waals surface area contributed by atoms with Crippen molar-refractivity contribution in [3.05, 3.63) is 58.1 Å². The van der Waals surface area contributed by atoms with E-state index in [1.165, 1.54) is 0 Å². The van der Waals surface area contributed by atoms with E-state index in [9.17, 15) is 0 Å². The number of benzene rings is 2. The van der Waals surface area contributed by atoms with Crippen molar-refractivity contribution >= 4 is 58.0 Å². The summed E-state index contributed by atoms with van der Waals surface area (Å²) in [5.74, 6) is 2.64. The molecule has 0 saturated heterocycles. The van der Waals surface area contributed by atoms with E-state index in [1.54, 1.807) is 11.8 Å². The van der Waals surface area contributed by atoms with Gasteiger partial charge in [-0.2, -0.15) is 11.8 Å². The summed E-state index contributed by atoms with van der Waals surface area (Å²) >= 11 is 19.1. The number of thioether (sulfide) groups is 1. The molecule has 0 atom stereocenters. The van der Waals surface area contributed by atoms with E-state index < -0.39 is 0 Å². The number of hydrogen-bond acceptors (Lipinski definition) is 3. The number of hydrogen-bond donors (Lipinski definition) is 2. The summed E-state index contributed by atoms with van der Waals surface area (Å²) in [7, 11) is 0. The van der Waals surface area contributed by atoms with Gasteiger partial charge in [-0.3, -0.25) is 0 Å². The van der Waals surface area contributed by atoms with Crippen molar-refractivity contribution in [1.82, 2.24) is 5.32 Å². The predicted molar refractivity (Wildman–Crippen MR) is 114 cm³/mol. The maximum atomic E-state index is 6.02. The van der Waals surface area contributed by atoms with Gasteiger partial charge in [0.2, 0.25) is 0 Å². The second-order valence-corrected chi connectivity index (χ2v) is 7.47. The van der Waals surface area contributed by atoms with Crippen LogP contribution in [-0.4, -0.2) is 24.0 Å². The molecule has 0 aliphatic heterocycles. The van der Waals surface area contributed by atoms with Gasteiger partial charge in [0.1, 0.15) is 5.75 Å². The molecule has 0 fully saturated rings. The number of rotatable bonds is 8. The smallest absolute Gasteiger partial charge is 0.170 e. The Balaban J connectivity index is 1.66. The summed E-state index contributed by atoms with van der Waals surface area (Å²) in [6.45, 7) is 3.38. The summed E-state index contributed by atoms with van der Waals surface area (Å²) < 4.78 is 5.47. The number of nitrogens with one attached hydrogen (secondary N) is 2. The number of thiocarbonyl (C=S) groups is 1. The lowest BCUT2D eigenvalue weighted by Gasteiger charge is -2.11. The highest BCUT2D eigenvalue weighted by molar-refractivity contribution is 7.98. The summed E-state index contributed by atoms with van der Waals surface area (Å²) in [4.78, 5) is 0. The van der Waals surface area contributed by atoms with Gasteiger partial charge >= 0.3 is 0 Å². The molecule has 0 bridgehead atoms. The van der Waals surface area contributed by atoms with Gasteiger partial charge in [-0.05, 0) is 49.0 Å². The Kier molecular flexibility index (Phi) is 8.68. The molecule has 0 amide bonds. The van der Waals surface area contributed by atoms with Crippen LogP contribution in [0.1, 0.15) is 12.5 Å². The number of halogens is 2. The lowest BCUT2D eigenvalue weighted by atomic mass is 10.2. The SMILES string of the molecule is CCOc1cccc(NC(=S)NCCSCc2ccc(Cl)c(Cl)c2)c1. The molecule has 0 radical (unpaired) electrons. The van der Waals surface area contributed by atoms with Crippen LogP contribution >= 0.6 is 47.2 Å². The third-order valence-electron chi connectivity index (χ3n) is 3.19. The van der Waals surface area contributed by atoms with Crippen molar-refractivity contribution in [3.63, 3.8) is 0 Å². The van der Waals surface area contributed by atoms with Crippen LogP contribution in [0.15, 0.2) is 42.5 Å². The van der Waals surface area contributed by atoms with E-state index in [2.05, 4.69) is 10.6 Å². The van der Waals surface area contributed by atoms with E-state index in [0.29, 0.717) is 21.8 Å². The van der Waals surface area contributed by atoms with Gasteiger partial charge in [0.05, 0.1) is 16.7 Å². The molecule has 0 saturated carbocycles. The van der Waals surface area contributed by atoms with Crippen LogP contribution in [0.4, 0.5) is 5.69 Å². The minimum Gasteiger partial charge on any atom is -0.494 e. The first-order valence-corrected chi connectivity index (χ1v) is 10.2. The van der Waals surface area contributed by atoms with Crippen molar-refractivity contribution in [2.45, 2.75) is 12.7 Å². The molecule has 0 aliphatic carbocycles. The first-order chi connectivity index (χ1) is 12.1. The van der Waals surface area contributed by atoms with Crippen molar-refractivity contribution < 1.29 is 4.74 Å². The second kappa shape index (κ2) is 10.8. The third-order valence-corrected chi connectivity index (χ3v) is 5.20. The Morgan fingerprint density at radius 3 is 2.76 bits per heavy atom. The highest BCUT2D eigenvalue weighted by Crippen LogP contribution is 2.24. The topological polar surface area (TPSA) is 33.3 Å². The van der Waals surface area contributed by atoms with Crippen LogP contribution in [0.3, 0.4) is 0 Å². The van der Waals surface area contributed by atoms with Crippen molar-refractivity contribution in [1.29, 1.82) is 0 Å². The zero-order chi connectivity index (χ0) is 18.1. The Bertz CT molecular complexity index is 713. The largest absolute Gasteiger partial charge is 0.494 e. The zero-order valence-electron chi connectivity index (χ0n) is 13.9. The first kappa shape index (κ1) is 20.2. The molecule has 0 heterocycles. The maximum Gasteiger partial charge on any atom is 0.170 e. The average molecular weight is 415 g/mol. The van der Waals surface area contributed by atoms with Gasteiger partial charge in [0.25, 0.3) is 0 Å². The van der Waals surface area contributed by atoms with E-state index in [0.717, 1.165) is 35.1 Å². The summed E-state index contributed by atoms with van der Waals surface area (Å²) in [6, 6.07) is 13.5. The Morgan fingerprint density at radius 1 is 1.16 bits per heavy atom. The molecule has 25 heavy (non-hydrogen) atoms. The zero-order valence-corrected chi connectivity index (χ0v) is 17.0. The van der Waals surface area contributed by atoms with Gasteiger partial charge in [0.15, 0.2) is 5.11 Å². The predicted octanol–water partition coefficient (Wildman–Crippen LogP) is 5.61. The minimum absolute atomic E-state index is 0.585. The van der Waals surface area contributed by atoms with Gasteiger partial charge in [-0.15, -0.1) is 0 Å². The van der Waals surface area contributed by atoms with Crippen molar-refractivity contribution in [2.75, 3.05) is 24.2 Å². The standard InChI is InChI=1S/C18H20Cl2N2OS2/c1-2-23-15-5-3-4-14(11-15)22-18(24)21-8-9-25-12-13-6-7-16(19)17(20)10-13/h3-7,10-11H,2,8-9,12H2,1H3,(H2,21,22,24). The van der Waals surface area contributed by atoms with Gasteiger partial charge in [-0.1, -0.05) is 35.3 Å². The van der Waals surface area contributed by atoms with Gasteiger partial charge in [-0.25, -0.2) is 0 Å². The van der Waals surface area contributed by atoms with Crippen LogP contribution in [-0.2, 0) is 5.75 Å². The van der Waals surface area contributed by atoms with Gasteiger partial charge in [0, 0.05) is 29.8 Å². The molecule has 3 nitrogen and oxygen atoms in total. The van der Waals surface area contributed by atoms with E-state index >= 15 is 0 Å². The van der Waals surface area contributed by atoms with Gasteiger partial charge < -0.3 is 15.4 Å². The number of anilines is 1. The molecule has 7 heteroatoms. The normalized spacial score (nSPS) is 10.4. The molecule has 0 spiro atoms. The Morgan fingerprint density at radius 2 is 2.00 bits per heavy atom. The molecule has 2 rings (SSSR count). The molecule has 0 aromatic heterocycles. The minimum atomic E-state index is 0.585. The molecule has 2 aromatic carbocycles. The molecule has 134 valence electrons. The number of ether oxygens (including phenoxy) is 1. The monoisotopic (exact) mass is 414 g/mol. The maximum absolute atomic E-state index is 6.02. The molecule has 0 aliphatic rings. The van der Waals surface area contributed by atoms with Crippen LogP contribution in [0.5, 0.6) is 5.75 Å². The highest BCUT2D eigenvalue weighted by atomic mass is 35.5. The lowest BCUT2D eigenvalue weighted by Crippen LogP contribution is -2.30. The molecular formula is C18H20Cl2N2OS2. The quantitative estimate of drug-likeness (QED) is 0.433. The third kappa shape index (κ3) is 7.32. The molecule has 2 aromatic rings. The first-order valence-electron chi connectivity index (χ1n) is 7.88. The van der Waals surface area contributed by atoms with Crippen LogP contribution in [0.2, 0.25) is 10.0 Å². The van der Waals surface area contributed by atoms with Crippen LogP contribution in [0.25, 0.3) is 0 Å². The van der Waals surface area contributed by atoms with Crippen LogP contribution in [0, 0.1) is 0 Å². The Labute approximate surface area is 168 Å². The summed E-state index contributed by atoms with van der Waals surface area (Å²) in [5.41, 5.74) is 2.07.